The van der Waals surface area contributed by atoms with Crippen LogP contribution in [0.25, 0.3) is 61.1 Å². The number of fused-ring (bicyclic) bond motifs is 6. The standard InChI is InChI=1S/C35H25N7/c1-21-18-31-27(19-30(21)40-23(3)39-33-28(20-36)37-22(2)38-34(33)40)32-26-16-10-11-17-29(26)41(24-12-6-4-7-13-24)35(32)42(31)25-14-8-5-9-15-25/h4-19H,1-3H3. The molecular weight excluding hydrogens is 518 g/mol. The number of benzene rings is 4. The van der Waals surface area contributed by atoms with Crippen LogP contribution in [0.4, 0.5) is 0 Å². The molecule has 0 bridgehead atoms. The summed E-state index contributed by atoms with van der Waals surface area (Å²) in [6, 6.07) is 36.4. The third-order valence-corrected chi connectivity index (χ3v) is 8.05. The van der Waals surface area contributed by atoms with Crippen LogP contribution in [0.1, 0.15) is 22.9 Å². The molecule has 4 aromatic carbocycles. The molecule has 0 aliphatic heterocycles. The van der Waals surface area contributed by atoms with Gasteiger partial charge in [0.05, 0.1) is 16.7 Å². The summed E-state index contributed by atoms with van der Waals surface area (Å²) in [4.78, 5) is 13.8. The maximum Gasteiger partial charge on any atom is 0.172 e. The Bertz CT molecular complexity index is 2380. The van der Waals surface area contributed by atoms with Gasteiger partial charge >= 0.3 is 0 Å². The summed E-state index contributed by atoms with van der Waals surface area (Å²) in [5.41, 5.74) is 9.09. The molecule has 0 saturated heterocycles. The number of aromatic nitrogens is 6. The predicted octanol–water partition coefficient (Wildman–Crippen LogP) is 7.65. The zero-order valence-electron chi connectivity index (χ0n) is 23.4. The van der Waals surface area contributed by atoms with Gasteiger partial charge in [0.25, 0.3) is 0 Å². The second-order valence-electron chi connectivity index (χ2n) is 10.6. The topological polar surface area (TPSA) is 77.2 Å². The van der Waals surface area contributed by atoms with E-state index in [4.69, 9.17) is 9.97 Å². The first-order chi connectivity index (χ1) is 20.5. The molecule has 8 rings (SSSR count). The van der Waals surface area contributed by atoms with Crippen molar-refractivity contribution in [1.29, 1.82) is 5.26 Å². The van der Waals surface area contributed by atoms with Gasteiger partial charge in [0.2, 0.25) is 0 Å². The lowest BCUT2D eigenvalue weighted by atomic mass is 10.1. The summed E-state index contributed by atoms with van der Waals surface area (Å²) < 4.78 is 6.79. The van der Waals surface area contributed by atoms with E-state index in [1.54, 1.807) is 0 Å². The molecule has 0 aliphatic rings. The van der Waals surface area contributed by atoms with E-state index in [-0.39, 0.29) is 0 Å². The van der Waals surface area contributed by atoms with Crippen molar-refractivity contribution in [1.82, 2.24) is 28.7 Å². The SMILES string of the molecule is Cc1nc(C#N)c2nc(C)n(-c3cc4c5c6ccccc6n(-c6ccccc6)c5n(-c5ccccc5)c4cc3C)c2n1. The number of hydrogen-bond acceptors (Lipinski definition) is 4. The van der Waals surface area contributed by atoms with Crippen molar-refractivity contribution in [2.45, 2.75) is 20.8 Å². The van der Waals surface area contributed by atoms with Crippen LogP contribution in [0.2, 0.25) is 0 Å². The number of nitriles is 1. The van der Waals surface area contributed by atoms with E-state index >= 15 is 0 Å². The van der Waals surface area contributed by atoms with Gasteiger partial charge in [-0.25, -0.2) is 15.0 Å². The number of hydrogen-bond donors (Lipinski definition) is 0. The quantitative estimate of drug-likeness (QED) is 0.229. The van der Waals surface area contributed by atoms with Gasteiger partial charge in [-0.3, -0.25) is 13.7 Å². The monoisotopic (exact) mass is 543 g/mol. The molecule has 7 heteroatoms. The Balaban J connectivity index is 1.57. The summed E-state index contributed by atoms with van der Waals surface area (Å²) in [6.45, 7) is 5.88. The molecule has 42 heavy (non-hydrogen) atoms. The number of rotatable bonds is 3. The van der Waals surface area contributed by atoms with E-state index in [1.807, 2.05) is 13.8 Å². The van der Waals surface area contributed by atoms with E-state index in [9.17, 15) is 5.26 Å². The van der Waals surface area contributed by atoms with Crippen molar-refractivity contribution in [3.63, 3.8) is 0 Å². The van der Waals surface area contributed by atoms with Crippen LogP contribution >= 0.6 is 0 Å². The van der Waals surface area contributed by atoms with Crippen molar-refractivity contribution in [2.75, 3.05) is 0 Å². The average molecular weight is 544 g/mol. The second-order valence-corrected chi connectivity index (χ2v) is 10.6. The minimum atomic E-state index is 0.293. The molecule has 4 heterocycles. The lowest BCUT2D eigenvalue weighted by Crippen LogP contribution is -2.04. The van der Waals surface area contributed by atoms with E-state index in [2.05, 4.69) is 129 Å². The molecule has 0 atom stereocenters. The van der Waals surface area contributed by atoms with E-state index < -0.39 is 0 Å². The van der Waals surface area contributed by atoms with Gasteiger partial charge in [-0.05, 0) is 68.8 Å². The summed E-state index contributed by atoms with van der Waals surface area (Å²) in [5, 5.41) is 13.3. The number of para-hydroxylation sites is 3. The van der Waals surface area contributed by atoms with Crippen LogP contribution in [0, 0.1) is 32.1 Å². The molecule has 7 nitrogen and oxygen atoms in total. The molecule has 0 unspecified atom stereocenters. The zero-order chi connectivity index (χ0) is 28.5. The van der Waals surface area contributed by atoms with Gasteiger partial charge in [0, 0.05) is 27.5 Å². The van der Waals surface area contributed by atoms with Crippen LogP contribution in [0.3, 0.4) is 0 Å². The Morgan fingerprint density at radius 1 is 0.643 bits per heavy atom. The van der Waals surface area contributed by atoms with Crippen molar-refractivity contribution in [3.05, 3.63) is 120 Å². The van der Waals surface area contributed by atoms with Gasteiger partial charge < -0.3 is 0 Å². The molecule has 0 amide bonds. The van der Waals surface area contributed by atoms with Crippen molar-refractivity contribution < 1.29 is 0 Å². The average Bonchev–Trinajstić information content (AvgIpc) is 3.63. The molecule has 0 radical (unpaired) electrons. The predicted molar refractivity (Wildman–Crippen MR) is 167 cm³/mol. The number of nitrogens with zero attached hydrogens (tertiary/aromatic N) is 7. The summed E-state index contributed by atoms with van der Waals surface area (Å²) in [7, 11) is 0. The lowest BCUT2D eigenvalue weighted by Gasteiger charge is -2.14. The number of imidazole rings is 1. The van der Waals surface area contributed by atoms with Gasteiger partial charge in [-0.15, -0.1) is 0 Å². The van der Waals surface area contributed by atoms with E-state index in [1.165, 1.54) is 10.8 Å². The minimum Gasteiger partial charge on any atom is -0.295 e. The number of aryl methyl sites for hydroxylation is 3. The van der Waals surface area contributed by atoms with Gasteiger partial charge in [-0.2, -0.15) is 5.26 Å². The fourth-order valence-electron chi connectivity index (χ4n) is 6.34. The smallest absolute Gasteiger partial charge is 0.172 e. The molecule has 0 spiro atoms. The largest absolute Gasteiger partial charge is 0.295 e. The van der Waals surface area contributed by atoms with Gasteiger partial charge in [0.1, 0.15) is 28.9 Å². The summed E-state index contributed by atoms with van der Waals surface area (Å²) >= 11 is 0. The highest BCUT2D eigenvalue weighted by Crippen LogP contribution is 2.42. The molecule has 0 fully saturated rings. The fourth-order valence-corrected chi connectivity index (χ4v) is 6.34. The van der Waals surface area contributed by atoms with Crippen molar-refractivity contribution >= 4 is 44.0 Å². The normalized spacial score (nSPS) is 11.7. The lowest BCUT2D eigenvalue weighted by molar-refractivity contribution is 0.966. The van der Waals surface area contributed by atoms with Crippen LogP contribution in [-0.2, 0) is 0 Å². The third kappa shape index (κ3) is 3.29. The van der Waals surface area contributed by atoms with Crippen LogP contribution in [-0.4, -0.2) is 28.7 Å². The summed E-state index contributed by atoms with van der Waals surface area (Å²) in [6.07, 6.45) is 0. The molecule has 0 N–H and O–H groups in total. The third-order valence-electron chi connectivity index (χ3n) is 8.05. The van der Waals surface area contributed by atoms with E-state index in [0.29, 0.717) is 22.7 Å². The maximum atomic E-state index is 9.76. The highest BCUT2D eigenvalue weighted by molar-refractivity contribution is 6.23. The Kier molecular flexibility index (Phi) is 5.09. The first-order valence-electron chi connectivity index (χ1n) is 13.9. The van der Waals surface area contributed by atoms with Crippen molar-refractivity contribution in [2.24, 2.45) is 0 Å². The fraction of sp³-hybridized carbons (Fsp3) is 0.0857. The van der Waals surface area contributed by atoms with Crippen LogP contribution in [0.15, 0.2) is 97.1 Å². The highest BCUT2D eigenvalue weighted by Gasteiger charge is 2.24. The zero-order valence-corrected chi connectivity index (χ0v) is 23.4. The highest BCUT2D eigenvalue weighted by atomic mass is 15.2. The second kappa shape index (κ2) is 8.88. The van der Waals surface area contributed by atoms with Gasteiger partial charge in [0.15, 0.2) is 11.3 Å². The van der Waals surface area contributed by atoms with Crippen molar-refractivity contribution in [3.8, 4) is 23.1 Å². The Labute approximate surface area is 241 Å². The Hall–Kier alpha value is -5.74. The first-order valence-corrected chi connectivity index (χ1v) is 13.9. The molecule has 0 aliphatic carbocycles. The Morgan fingerprint density at radius 3 is 1.98 bits per heavy atom. The molecule has 8 aromatic rings. The minimum absolute atomic E-state index is 0.293. The Morgan fingerprint density at radius 2 is 1.29 bits per heavy atom. The molecule has 0 saturated carbocycles. The van der Waals surface area contributed by atoms with Crippen LogP contribution < -0.4 is 0 Å². The molecular formula is C35H25N7. The molecule has 200 valence electrons. The molecule has 4 aromatic heterocycles. The van der Waals surface area contributed by atoms with E-state index in [0.717, 1.165) is 50.5 Å². The first kappa shape index (κ1) is 24.1. The maximum absolute atomic E-state index is 9.76. The van der Waals surface area contributed by atoms with Gasteiger partial charge in [-0.1, -0.05) is 54.6 Å². The van der Waals surface area contributed by atoms with Crippen LogP contribution in [0.5, 0.6) is 0 Å². The summed E-state index contributed by atoms with van der Waals surface area (Å²) in [5.74, 6) is 1.30.